The average molecular weight is 313 g/mol. The highest BCUT2D eigenvalue weighted by atomic mass is 16.1. The molecule has 0 bridgehead atoms. The number of nitrogens with one attached hydrogen (secondary N) is 2. The molecule has 23 heavy (non-hydrogen) atoms. The number of pyridine rings is 2. The minimum Gasteiger partial charge on any atom is -0.368 e. The topological polar surface area (TPSA) is 70.2 Å². The first-order chi connectivity index (χ1) is 11.2. The Morgan fingerprint density at radius 3 is 2.57 bits per heavy atom. The highest BCUT2D eigenvalue weighted by Gasteiger charge is 2.12. The van der Waals surface area contributed by atoms with Crippen LogP contribution in [0.25, 0.3) is 0 Å². The second kappa shape index (κ2) is 8.85. The van der Waals surface area contributed by atoms with Gasteiger partial charge in [0.2, 0.25) is 0 Å². The summed E-state index contributed by atoms with van der Waals surface area (Å²) in [6.07, 6.45) is 3.32. The third kappa shape index (κ3) is 5.03. The van der Waals surface area contributed by atoms with Crippen LogP contribution in [0.5, 0.6) is 0 Å². The predicted octanol–water partition coefficient (Wildman–Crippen LogP) is 2.48. The molecule has 0 atom stereocenters. The number of hydrogen-bond donors (Lipinski definition) is 2. The summed E-state index contributed by atoms with van der Waals surface area (Å²) in [6.45, 7) is 7.93. The fourth-order valence-electron chi connectivity index (χ4n) is 2.22. The average Bonchev–Trinajstić information content (AvgIpc) is 2.60. The Hall–Kier alpha value is -2.47. The van der Waals surface area contributed by atoms with Crippen LogP contribution in [0.1, 0.15) is 24.2 Å². The first-order valence-electron chi connectivity index (χ1n) is 7.88. The molecule has 2 N–H and O–H groups in total. The van der Waals surface area contributed by atoms with Crippen LogP contribution in [0.2, 0.25) is 0 Å². The molecule has 2 rings (SSSR count). The van der Waals surface area contributed by atoms with Crippen LogP contribution in [-0.2, 0) is 0 Å². The van der Waals surface area contributed by atoms with Crippen LogP contribution in [0.3, 0.4) is 0 Å². The van der Waals surface area contributed by atoms with Gasteiger partial charge in [0.25, 0.3) is 5.91 Å². The summed E-state index contributed by atoms with van der Waals surface area (Å²) in [5.41, 5.74) is 0.512. The highest BCUT2D eigenvalue weighted by molar-refractivity contribution is 6.06. The number of aromatic nitrogens is 2. The van der Waals surface area contributed by atoms with Crippen molar-refractivity contribution >= 4 is 17.5 Å². The third-order valence-corrected chi connectivity index (χ3v) is 3.57. The molecule has 0 aliphatic carbocycles. The Labute approximate surface area is 137 Å². The summed E-state index contributed by atoms with van der Waals surface area (Å²) in [7, 11) is 0. The van der Waals surface area contributed by atoms with Gasteiger partial charge < -0.3 is 15.5 Å². The van der Waals surface area contributed by atoms with E-state index in [0.717, 1.165) is 26.2 Å². The molecule has 0 unspecified atom stereocenters. The van der Waals surface area contributed by atoms with Crippen LogP contribution in [-0.4, -0.2) is 47.0 Å². The lowest BCUT2D eigenvalue weighted by atomic mass is 10.2. The molecule has 0 aliphatic rings. The molecule has 2 aromatic rings. The van der Waals surface area contributed by atoms with Gasteiger partial charge in [-0.1, -0.05) is 19.9 Å². The molecule has 0 aromatic carbocycles. The van der Waals surface area contributed by atoms with E-state index < -0.39 is 0 Å². The van der Waals surface area contributed by atoms with Gasteiger partial charge in [0.15, 0.2) is 0 Å². The number of hydrogen-bond acceptors (Lipinski definition) is 5. The molecule has 2 aromatic heterocycles. The Bertz CT molecular complexity index is 613. The maximum atomic E-state index is 12.4. The van der Waals surface area contributed by atoms with Gasteiger partial charge in [0.05, 0.1) is 5.56 Å². The van der Waals surface area contributed by atoms with Crippen molar-refractivity contribution < 1.29 is 4.79 Å². The summed E-state index contributed by atoms with van der Waals surface area (Å²) >= 11 is 0. The van der Waals surface area contributed by atoms with Crippen molar-refractivity contribution in [2.24, 2.45) is 0 Å². The molecular formula is C17H23N5O. The molecule has 6 nitrogen and oxygen atoms in total. The smallest absolute Gasteiger partial charge is 0.260 e. The lowest BCUT2D eigenvalue weighted by Crippen LogP contribution is -2.29. The first-order valence-corrected chi connectivity index (χ1v) is 7.88. The monoisotopic (exact) mass is 313 g/mol. The Kier molecular flexibility index (Phi) is 6.50. The van der Waals surface area contributed by atoms with Crippen molar-refractivity contribution in [3.8, 4) is 0 Å². The normalized spacial score (nSPS) is 10.6. The largest absolute Gasteiger partial charge is 0.368 e. The van der Waals surface area contributed by atoms with E-state index in [1.807, 2.05) is 6.07 Å². The fraction of sp³-hybridized carbons (Fsp3) is 0.353. The van der Waals surface area contributed by atoms with E-state index in [9.17, 15) is 4.79 Å². The van der Waals surface area contributed by atoms with Gasteiger partial charge in [0.1, 0.15) is 11.6 Å². The van der Waals surface area contributed by atoms with Crippen LogP contribution in [0, 0.1) is 0 Å². The lowest BCUT2D eigenvalue weighted by Gasteiger charge is -2.18. The third-order valence-electron chi connectivity index (χ3n) is 3.57. The molecule has 1 amide bonds. The number of amides is 1. The van der Waals surface area contributed by atoms with Crippen molar-refractivity contribution in [1.29, 1.82) is 0 Å². The number of rotatable bonds is 8. The van der Waals surface area contributed by atoms with Crippen molar-refractivity contribution in [2.75, 3.05) is 36.8 Å². The SMILES string of the molecule is CCN(CC)CCNc1ncccc1C(=O)Nc1ccccn1. The Balaban J connectivity index is 2.00. The molecule has 0 fully saturated rings. The molecule has 0 spiro atoms. The maximum absolute atomic E-state index is 12.4. The van der Waals surface area contributed by atoms with Gasteiger partial charge in [-0.05, 0) is 37.4 Å². The summed E-state index contributed by atoms with van der Waals surface area (Å²) in [5.74, 6) is 0.894. The van der Waals surface area contributed by atoms with E-state index in [1.54, 1.807) is 36.7 Å². The minimum absolute atomic E-state index is 0.220. The van der Waals surface area contributed by atoms with Gasteiger partial charge >= 0.3 is 0 Å². The molecule has 0 radical (unpaired) electrons. The van der Waals surface area contributed by atoms with E-state index in [-0.39, 0.29) is 5.91 Å². The number of carbonyl (C=O) groups is 1. The highest BCUT2D eigenvalue weighted by Crippen LogP contribution is 2.13. The van der Waals surface area contributed by atoms with Gasteiger partial charge in [-0.15, -0.1) is 0 Å². The second-order valence-corrected chi connectivity index (χ2v) is 5.02. The molecule has 0 aliphatic heterocycles. The summed E-state index contributed by atoms with van der Waals surface area (Å²) in [5, 5.41) is 6.02. The fourth-order valence-corrected chi connectivity index (χ4v) is 2.22. The van der Waals surface area contributed by atoms with Gasteiger partial charge in [-0.2, -0.15) is 0 Å². The van der Waals surface area contributed by atoms with Crippen molar-refractivity contribution in [2.45, 2.75) is 13.8 Å². The van der Waals surface area contributed by atoms with Crippen LogP contribution >= 0.6 is 0 Å². The van der Waals surface area contributed by atoms with Crippen molar-refractivity contribution in [3.63, 3.8) is 0 Å². The van der Waals surface area contributed by atoms with Gasteiger partial charge in [-0.3, -0.25) is 4.79 Å². The van der Waals surface area contributed by atoms with Crippen LogP contribution in [0.15, 0.2) is 42.7 Å². The van der Waals surface area contributed by atoms with E-state index in [1.165, 1.54) is 0 Å². The number of carbonyl (C=O) groups excluding carboxylic acids is 1. The Morgan fingerprint density at radius 2 is 1.87 bits per heavy atom. The number of nitrogens with zero attached hydrogens (tertiary/aromatic N) is 3. The number of likely N-dealkylation sites (N-methyl/N-ethyl adjacent to an activating group) is 1. The zero-order valence-corrected chi connectivity index (χ0v) is 13.6. The molecule has 0 saturated heterocycles. The number of anilines is 2. The molecule has 6 heteroatoms. The zero-order chi connectivity index (χ0) is 16.5. The van der Waals surface area contributed by atoms with Gasteiger partial charge in [-0.25, -0.2) is 9.97 Å². The lowest BCUT2D eigenvalue weighted by molar-refractivity contribution is 0.102. The quantitative estimate of drug-likeness (QED) is 0.783. The molecule has 0 saturated carbocycles. The van der Waals surface area contributed by atoms with Crippen LogP contribution < -0.4 is 10.6 Å². The maximum Gasteiger partial charge on any atom is 0.260 e. The van der Waals surface area contributed by atoms with E-state index in [0.29, 0.717) is 17.2 Å². The first kappa shape index (κ1) is 16.9. The summed E-state index contributed by atoms with van der Waals surface area (Å²) < 4.78 is 0. The van der Waals surface area contributed by atoms with E-state index in [2.05, 4.69) is 39.3 Å². The summed E-state index contributed by atoms with van der Waals surface area (Å²) in [4.78, 5) is 23.1. The van der Waals surface area contributed by atoms with E-state index in [4.69, 9.17) is 0 Å². The van der Waals surface area contributed by atoms with Crippen molar-refractivity contribution in [3.05, 3.63) is 48.3 Å². The Morgan fingerprint density at radius 1 is 1.09 bits per heavy atom. The molecule has 2 heterocycles. The van der Waals surface area contributed by atoms with Crippen molar-refractivity contribution in [1.82, 2.24) is 14.9 Å². The standard InChI is InChI=1S/C17H23N5O/c1-3-22(4-2)13-12-20-16-14(8-7-11-19-16)17(23)21-15-9-5-6-10-18-15/h5-11H,3-4,12-13H2,1-2H3,(H,19,20)(H,18,21,23). The molecular weight excluding hydrogens is 290 g/mol. The summed E-state index contributed by atoms with van der Waals surface area (Å²) in [6, 6.07) is 8.89. The van der Waals surface area contributed by atoms with E-state index >= 15 is 0 Å². The predicted molar refractivity (Wildman–Crippen MR) is 92.7 cm³/mol. The second-order valence-electron chi connectivity index (χ2n) is 5.02. The minimum atomic E-state index is -0.220. The van der Waals surface area contributed by atoms with Gasteiger partial charge in [0, 0.05) is 25.5 Å². The zero-order valence-electron chi connectivity index (χ0n) is 13.6. The van der Waals surface area contributed by atoms with Crippen LogP contribution in [0.4, 0.5) is 11.6 Å². The molecule has 122 valence electrons.